The van der Waals surface area contributed by atoms with Gasteiger partial charge >= 0.3 is 0 Å². The van der Waals surface area contributed by atoms with E-state index in [0.29, 0.717) is 22.8 Å². The number of aryl methyl sites for hydroxylation is 1. The minimum Gasteiger partial charge on any atom is -0.465 e. The van der Waals surface area contributed by atoms with E-state index in [-0.39, 0.29) is 5.70 Å². The van der Waals surface area contributed by atoms with E-state index in [2.05, 4.69) is 20.8 Å². The number of tetrazole rings is 1. The van der Waals surface area contributed by atoms with Gasteiger partial charge in [-0.1, -0.05) is 36.4 Å². The molecule has 0 saturated carbocycles. The first-order valence-corrected chi connectivity index (χ1v) is 8.79. The molecular weight excluding hydrogens is 373 g/mol. The first kappa shape index (κ1) is 18.3. The van der Waals surface area contributed by atoms with Crippen molar-refractivity contribution in [3.8, 4) is 11.4 Å². The standard InChI is InChI=1S/C21H16FN5O2/c1-14-9-10-16(12-18(14)22)23-21(28)19(13-17-8-5-11-29-17)27-20(24-25-26-27)15-6-3-2-4-7-15/h2-13H,1H3,(H,23,28)/b19-13+. The summed E-state index contributed by atoms with van der Waals surface area (Å²) in [5.41, 5.74) is 1.65. The van der Waals surface area contributed by atoms with Crippen molar-refractivity contribution in [2.75, 3.05) is 5.32 Å². The van der Waals surface area contributed by atoms with Crippen LogP contribution in [0.25, 0.3) is 23.2 Å². The molecule has 0 aliphatic carbocycles. The number of aromatic nitrogens is 4. The SMILES string of the molecule is Cc1ccc(NC(=O)/C(=C\c2ccco2)n2nnnc2-c2ccccc2)cc1F. The lowest BCUT2D eigenvalue weighted by molar-refractivity contribution is -0.111. The number of rotatable bonds is 5. The topological polar surface area (TPSA) is 85.8 Å². The summed E-state index contributed by atoms with van der Waals surface area (Å²) in [5.74, 6) is -0.103. The first-order chi connectivity index (χ1) is 14.1. The van der Waals surface area contributed by atoms with Gasteiger partial charge in [0.1, 0.15) is 17.3 Å². The Labute approximate surface area is 165 Å². The Morgan fingerprint density at radius 3 is 2.69 bits per heavy atom. The van der Waals surface area contributed by atoms with Gasteiger partial charge in [-0.15, -0.1) is 5.10 Å². The molecule has 0 bridgehead atoms. The molecule has 1 N–H and O–H groups in total. The van der Waals surface area contributed by atoms with Crippen molar-refractivity contribution in [1.82, 2.24) is 20.2 Å². The van der Waals surface area contributed by atoms with E-state index in [1.807, 2.05) is 30.3 Å². The van der Waals surface area contributed by atoms with Crippen molar-refractivity contribution >= 4 is 23.4 Å². The van der Waals surface area contributed by atoms with Crippen LogP contribution in [-0.2, 0) is 4.79 Å². The number of amides is 1. The van der Waals surface area contributed by atoms with Crippen molar-refractivity contribution in [3.05, 3.63) is 84.1 Å². The maximum absolute atomic E-state index is 13.9. The zero-order chi connectivity index (χ0) is 20.2. The van der Waals surface area contributed by atoms with Crippen molar-refractivity contribution in [2.45, 2.75) is 6.92 Å². The molecular formula is C21H16FN5O2. The van der Waals surface area contributed by atoms with Crippen molar-refractivity contribution in [1.29, 1.82) is 0 Å². The fraction of sp³-hybridized carbons (Fsp3) is 0.0476. The van der Waals surface area contributed by atoms with Crippen LogP contribution in [0.5, 0.6) is 0 Å². The maximum Gasteiger partial charge on any atom is 0.274 e. The van der Waals surface area contributed by atoms with Crippen LogP contribution in [-0.4, -0.2) is 26.1 Å². The molecule has 0 radical (unpaired) electrons. The second kappa shape index (κ2) is 7.89. The van der Waals surface area contributed by atoms with Crippen LogP contribution in [0.3, 0.4) is 0 Å². The molecule has 144 valence electrons. The molecule has 0 atom stereocenters. The van der Waals surface area contributed by atoms with Crippen LogP contribution in [0.1, 0.15) is 11.3 Å². The van der Waals surface area contributed by atoms with Crippen LogP contribution in [0.4, 0.5) is 10.1 Å². The van der Waals surface area contributed by atoms with E-state index in [4.69, 9.17) is 4.42 Å². The number of carbonyl (C=O) groups is 1. The number of anilines is 1. The molecule has 0 aliphatic rings. The van der Waals surface area contributed by atoms with Gasteiger partial charge in [-0.25, -0.2) is 4.39 Å². The number of nitrogens with zero attached hydrogens (tertiary/aromatic N) is 4. The van der Waals surface area contributed by atoms with Crippen molar-refractivity contribution < 1.29 is 13.6 Å². The van der Waals surface area contributed by atoms with Crippen LogP contribution < -0.4 is 5.32 Å². The van der Waals surface area contributed by atoms with Crippen LogP contribution in [0.15, 0.2) is 71.3 Å². The van der Waals surface area contributed by atoms with E-state index in [1.54, 1.807) is 31.2 Å². The van der Waals surface area contributed by atoms with Crippen molar-refractivity contribution in [3.63, 3.8) is 0 Å². The molecule has 2 heterocycles. The fourth-order valence-corrected chi connectivity index (χ4v) is 2.71. The Kier molecular flexibility index (Phi) is 4.98. The molecule has 8 heteroatoms. The molecule has 0 saturated heterocycles. The number of benzene rings is 2. The molecule has 1 amide bonds. The molecule has 0 unspecified atom stereocenters. The van der Waals surface area contributed by atoms with E-state index >= 15 is 0 Å². The van der Waals surface area contributed by atoms with Crippen LogP contribution in [0.2, 0.25) is 0 Å². The summed E-state index contributed by atoms with van der Waals surface area (Å²) in [5, 5.41) is 14.4. The lowest BCUT2D eigenvalue weighted by Gasteiger charge is -2.11. The number of carbonyl (C=O) groups excluding carboxylic acids is 1. The summed E-state index contributed by atoms with van der Waals surface area (Å²) in [6.07, 6.45) is 3.01. The minimum absolute atomic E-state index is 0.116. The molecule has 4 aromatic rings. The zero-order valence-corrected chi connectivity index (χ0v) is 15.4. The average Bonchev–Trinajstić information content (AvgIpc) is 3.41. The lowest BCUT2D eigenvalue weighted by Crippen LogP contribution is -2.19. The second-order valence-corrected chi connectivity index (χ2v) is 6.24. The number of furan rings is 1. The Morgan fingerprint density at radius 1 is 1.14 bits per heavy atom. The largest absolute Gasteiger partial charge is 0.465 e. The second-order valence-electron chi connectivity index (χ2n) is 6.24. The normalized spacial score (nSPS) is 11.4. The van der Waals surface area contributed by atoms with E-state index in [0.717, 1.165) is 5.56 Å². The number of hydrogen-bond acceptors (Lipinski definition) is 5. The maximum atomic E-state index is 13.9. The molecule has 0 fully saturated rings. The van der Waals surface area contributed by atoms with Gasteiger partial charge in [0.25, 0.3) is 5.91 Å². The molecule has 0 aliphatic heterocycles. The predicted molar refractivity (Wildman–Crippen MR) is 106 cm³/mol. The molecule has 7 nitrogen and oxygen atoms in total. The third-order valence-corrected chi connectivity index (χ3v) is 4.21. The highest BCUT2D eigenvalue weighted by Crippen LogP contribution is 2.22. The Morgan fingerprint density at radius 2 is 1.97 bits per heavy atom. The quantitative estimate of drug-likeness (QED) is 0.521. The average molecular weight is 389 g/mol. The lowest BCUT2D eigenvalue weighted by atomic mass is 10.2. The number of hydrogen-bond donors (Lipinski definition) is 1. The summed E-state index contributed by atoms with van der Waals surface area (Å²) < 4.78 is 20.5. The molecule has 4 rings (SSSR count). The molecule has 29 heavy (non-hydrogen) atoms. The number of nitrogens with one attached hydrogen (secondary N) is 1. The van der Waals surface area contributed by atoms with Crippen LogP contribution in [0, 0.1) is 12.7 Å². The highest BCUT2D eigenvalue weighted by molar-refractivity contribution is 6.24. The van der Waals surface area contributed by atoms with E-state index in [1.165, 1.54) is 23.1 Å². The summed E-state index contributed by atoms with van der Waals surface area (Å²) in [6.45, 7) is 1.65. The highest BCUT2D eigenvalue weighted by atomic mass is 19.1. The van der Waals surface area contributed by atoms with Crippen LogP contribution >= 0.6 is 0 Å². The van der Waals surface area contributed by atoms with Gasteiger partial charge in [0.15, 0.2) is 5.82 Å². The summed E-state index contributed by atoms with van der Waals surface area (Å²) in [4.78, 5) is 13.1. The van der Waals surface area contributed by atoms with E-state index in [9.17, 15) is 9.18 Å². The number of halogens is 1. The fourth-order valence-electron chi connectivity index (χ4n) is 2.71. The highest BCUT2D eigenvalue weighted by Gasteiger charge is 2.20. The van der Waals surface area contributed by atoms with Gasteiger partial charge < -0.3 is 9.73 Å². The van der Waals surface area contributed by atoms with Gasteiger partial charge in [-0.05, 0) is 47.2 Å². The minimum atomic E-state index is -0.519. The summed E-state index contributed by atoms with van der Waals surface area (Å²) in [6, 6.07) is 17.1. The van der Waals surface area contributed by atoms with Gasteiger partial charge in [0.05, 0.1) is 6.26 Å². The van der Waals surface area contributed by atoms with Gasteiger partial charge in [-0.2, -0.15) is 4.68 Å². The van der Waals surface area contributed by atoms with Gasteiger partial charge in [0, 0.05) is 17.3 Å². The van der Waals surface area contributed by atoms with Gasteiger partial charge in [0.2, 0.25) is 0 Å². The Hall–Kier alpha value is -4.07. The molecule has 2 aromatic heterocycles. The Balaban J connectivity index is 1.75. The van der Waals surface area contributed by atoms with Gasteiger partial charge in [-0.3, -0.25) is 4.79 Å². The predicted octanol–water partition coefficient (Wildman–Crippen LogP) is 4.02. The first-order valence-electron chi connectivity index (χ1n) is 8.79. The smallest absolute Gasteiger partial charge is 0.274 e. The van der Waals surface area contributed by atoms with E-state index < -0.39 is 11.7 Å². The molecule has 0 spiro atoms. The summed E-state index contributed by atoms with van der Waals surface area (Å²) >= 11 is 0. The third kappa shape index (κ3) is 3.96. The Bertz CT molecular complexity index is 1170. The summed E-state index contributed by atoms with van der Waals surface area (Å²) in [7, 11) is 0. The monoisotopic (exact) mass is 389 g/mol. The van der Waals surface area contributed by atoms with Crippen molar-refractivity contribution in [2.24, 2.45) is 0 Å². The zero-order valence-electron chi connectivity index (χ0n) is 15.4. The molecule has 2 aromatic carbocycles. The third-order valence-electron chi connectivity index (χ3n) is 4.21.